The molecule has 0 amide bonds. The van der Waals surface area contributed by atoms with Crippen LogP contribution in [-0.2, 0) is 10.0 Å². The fourth-order valence-electron chi connectivity index (χ4n) is 1.47. The van der Waals surface area contributed by atoms with E-state index in [4.69, 9.17) is 34.8 Å². The minimum atomic E-state index is -3.73. The van der Waals surface area contributed by atoms with Gasteiger partial charge in [-0.25, -0.2) is 4.83 Å². The van der Waals surface area contributed by atoms with Crippen LogP contribution >= 0.6 is 34.8 Å². The lowest BCUT2D eigenvalue weighted by atomic mass is 10.2. The van der Waals surface area contributed by atoms with Crippen molar-refractivity contribution in [2.45, 2.75) is 4.90 Å². The molecule has 1 N–H and O–H groups in total. The van der Waals surface area contributed by atoms with Gasteiger partial charge in [-0.15, -0.1) is 0 Å². The number of hydrazone groups is 1. The first-order valence-electron chi connectivity index (χ1n) is 5.65. The van der Waals surface area contributed by atoms with Crippen LogP contribution in [0.15, 0.2) is 52.5 Å². The second-order valence-corrected chi connectivity index (χ2v) is 6.78. The van der Waals surface area contributed by atoms with Crippen molar-refractivity contribution in [3.05, 3.63) is 63.1 Å². The fraction of sp³-hybridized carbons (Fsp3) is 0. The van der Waals surface area contributed by atoms with Crippen molar-refractivity contribution in [3.8, 4) is 0 Å². The van der Waals surface area contributed by atoms with E-state index in [2.05, 4.69) is 9.93 Å². The molecule has 2 rings (SSSR count). The Morgan fingerprint density at radius 2 is 1.57 bits per heavy atom. The van der Waals surface area contributed by atoms with E-state index in [1.807, 2.05) is 0 Å². The lowest BCUT2D eigenvalue weighted by Gasteiger charge is -2.05. The van der Waals surface area contributed by atoms with Crippen molar-refractivity contribution in [1.29, 1.82) is 0 Å². The highest BCUT2D eigenvalue weighted by Crippen LogP contribution is 2.29. The molecule has 8 heteroatoms. The lowest BCUT2D eigenvalue weighted by molar-refractivity contribution is 0.584. The maximum Gasteiger partial charge on any atom is 0.276 e. The van der Waals surface area contributed by atoms with Gasteiger partial charge in [-0.2, -0.15) is 13.5 Å². The van der Waals surface area contributed by atoms with Crippen molar-refractivity contribution >= 4 is 51.0 Å². The summed E-state index contributed by atoms with van der Waals surface area (Å²) in [4.78, 5) is 2.18. The van der Waals surface area contributed by atoms with Crippen molar-refractivity contribution in [2.75, 3.05) is 0 Å². The standard InChI is InChI=1S/C13H9Cl3N2O2S/c14-11-6-7-12(15)13(16)10(11)8-17-18-21(19,20)9-4-2-1-3-5-9/h1-8,18H/b17-8+. The number of nitrogens with zero attached hydrogens (tertiary/aromatic N) is 1. The zero-order valence-electron chi connectivity index (χ0n) is 10.4. The van der Waals surface area contributed by atoms with Gasteiger partial charge in [0.2, 0.25) is 0 Å². The van der Waals surface area contributed by atoms with E-state index in [1.54, 1.807) is 24.3 Å². The van der Waals surface area contributed by atoms with Crippen LogP contribution in [0.3, 0.4) is 0 Å². The van der Waals surface area contributed by atoms with Gasteiger partial charge >= 0.3 is 0 Å². The molecule has 0 aliphatic rings. The van der Waals surface area contributed by atoms with E-state index < -0.39 is 10.0 Å². The summed E-state index contributed by atoms with van der Waals surface area (Å²) >= 11 is 17.8. The molecular weight excluding hydrogens is 355 g/mol. The summed E-state index contributed by atoms with van der Waals surface area (Å²) < 4.78 is 23.9. The number of hydrogen-bond acceptors (Lipinski definition) is 3. The average molecular weight is 364 g/mol. The predicted octanol–water partition coefficient (Wildman–Crippen LogP) is 3.96. The fourth-order valence-corrected chi connectivity index (χ4v) is 2.92. The van der Waals surface area contributed by atoms with Gasteiger partial charge in [0.1, 0.15) is 0 Å². The molecule has 110 valence electrons. The summed E-state index contributed by atoms with van der Waals surface area (Å²) in [5, 5.41) is 4.47. The highest BCUT2D eigenvalue weighted by molar-refractivity contribution is 7.89. The van der Waals surface area contributed by atoms with Crippen molar-refractivity contribution in [1.82, 2.24) is 4.83 Å². The van der Waals surface area contributed by atoms with E-state index in [0.717, 1.165) is 0 Å². The van der Waals surface area contributed by atoms with Crippen molar-refractivity contribution < 1.29 is 8.42 Å². The van der Waals surface area contributed by atoms with Gasteiger partial charge in [-0.1, -0.05) is 53.0 Å². The van der Waals surface area contributed by atoms with Crippen LogP contribution in [0.2, 0.25) is 15.1 Å². The number of sulfonamides is 1. The molecule has 2 aromatic carbocycles. The average Bonchev–Trinajstić information content (AvgIpc) is 2.48. The third kappa shape index (κ3) is 3.89. The zero-order chi connectivity index (χ0) is 15.5. The van der Waals surface area contributed by atoms with Gasteiger partial charge in [0.05, 0.1) is 26.2 Å². The lowest BCUT2D eigenvalue weighted by Crippen LogP contribution is -2.18. The first-order chi connectivity index (χ1) is 9.92. The van der Waals surface area contributed by atoms with E-state index in [9.17, 15) is 8.42 Å². The van der Waals surface area contributed by atoms with Gasteiger partial charge in [-0.05, 0) is 24.3 Å². The molecule has 0 bridgehead atoms. The largest absolute Gasteiger partial charge is 0.276 e. The number of rotatable bonds is 4. The molecule has 0 heterocycles. The van der Waals surface area contributed by atoms with Crippen LogP contribution in [-0.4, -0.2) is 14.6 Å². The van der Waals surface area contributed by atoms with Gasteiger partial charge in [-0.3, -0.25) is 0 Å². The van der Waals surface area contributed by atoms with Gasteiger partial charge in [0, 0.05) is 5.56 Å². The van der Waals surface area contributed by atoms with Gasteiger partial charge in [0.25, 0.3) is 10.0 Å². The quantitative estimate of drug-likeness (QED) is 0.508. The highest BCUT2D eigenvalue weighted by Gasteiger charge is 2.12. The zero-order valence-corrected chi connectivity index (χ0v) is 13.5. The third-order valence-electron chi connectivity index (χ3n) is 2.50. The SMILES string of the molecule is O=S(=O)(N/N=C/c1c(Cl)ccc(Cl)c1Cl)c1ccccc1. The molecule has 0 unspecified atom stereocenters. The molecule has 2 aromatic rings. The van der Waals surface area contributed by atoms with Crippen molar-refractivity contribution in [3.63, 3.8) is 0 Å². The molecule has 0 aromatic heterocycles. The number of hydrogen-bond donors (Lipinski definition) is 1. The number of halogens is 3. The monoisotopic (exact) mass is 362 g/mol. The van der Waals surface area contributed by atoms with Gasteiger partial charge < -0.3 is 0 Å². The van der Waals surface area contributed by atoms with E-state index >= 15 is 0 Å². The third-order valence-corrected chi connectivity index (χ3v) is 4.89. The molecule has 0 saturated heterocycles. The van der Waals surface area contributed by atoms with E-state index in [-0.39, 0.29) is 9.92 Å². The van der Waals surface area contributed by atoms with Crippen molar-refractivity contribution in [2.24, 2.45) is 5.10 Å². The molecule has 0 radical (unpaired) electrons. The van der Waals surface area contributed by atoms with Crippen LogP contribution in [0, 0.1) is 0 Å². The Labute approximate surface area is 137 Å². The second kappa shape index (κ2) is 6.66. The van der Waals surface area contributed by atoms with Crippen LogP contribution < -0.4 is 4.83 Å². The summed E-state index contributed by atoms with van der Waals surface area (Å²) in [6, 6.07) is 10.9. The summed E-state index contributed by atoms with van der Waals surface area (Å²) in [7, 11) is -3.73. The van der Waals surface area contributed by atoms with Gasteiger partial charge in [0.15, 0.2) is 0 Å². The molecule has 0 saturated carbocycles. The summed E-state index contributed by atoms with van der Waals surface area (Å²) in [5.74, 6) is 0. The molecule has 0 aliphatic heterocycles. The number of benzene rings is 2. The molecule has 0 atom stereocenters. The smallest absolute Gasteiger partial charge is 0.200 e. The Balaban J connectivity index is 2.23. The first kappa shape index (κ1) is 16.1. The second-order valence-electron chi connectivity index (χ2n) is 3.92. The Hall–Kier alpha value is -1.27. The highest BCUT2D eigenvalue weighted by atomic mass is 35.5. The normalized spacial score (nSPS) is 11.8. The Bertz CT molecular complexity index is 778. The Morgan fingerprint density at radius 1 is 0.952 bits per heavy atom. The summed E-state index contributed by atoms with van der Waals surface area (Å²) in [5.41, 5.74) is 0.335. The molecular formula is C13H9Cl3N2O2S. The molecule has 21 heavy (non-hydrogen) atoms. The topological polar surface area (TPSA) is 58.5 Å². The number of nitrogens with one attached hydrogen (secondary N) is 1. The van der Waals surface area contributed by atoms with Crippen LogP contribution in [0.4, 0.5) is 0 Å². The van der Waals surface area contributed by atoms with E-state index in [0.29, 0.717) is 15.6 Å². The molecule has 0 spiro atoms. The Kier molecular flexibility index (Phi) is 5.11. The molecule has 4 nitrogen and oxygen atoms in total. The summed E-state index contributed by atoms with van der Waals surface area (Å²) in [6.07, 6.45) is 1.21. The Morgan fingerprint density at radius 3 is 2.24 bits per heavy atom. The first-order valence-corrected chi connectivity index (χ1v) is 8.27. The minimum absolute atomic E-state index is 0.102. The summed E-state index contributed by atoms with van der Waals surface area (Å²) in [6.45, 7) is 0. The maximum atomic E-state index is 11.9. The maximum absolute atomic E-state index is 11.9. The molecule has 0 aliphatic carbocycles. The predicted molar refractivity (Wildman–Crippen MR) is 85.8 cm³/mol. The molecule has 0 fully saturated rings. The van der Waals surface area contributed by atoms with Crippen LogP contribution in [0.5, 0.6) is 0 Å². The van der Waals surface area contributed by atoms with E-state index in [1.165, 1.54) is 24.4 Å². The van der Waals surface area contributed by atoms with Crippen LogP contribution in [0.1, 0.15) is 5.56 Å². The van der Waals surface area contributed by atoms with Crippen LogP contribution in [0.25, 0.3) is 0 Å². The minimum Gasteiger partial charge on any atom is -0.200 e.